The Kier molecular flexibility index (Phi) is 2.59. The molecular weight excluding hydrogens is 214 g/mol. The Balaban J connectivity index is 3.17. The Morgan fingerprint density at radius 1 is 1.71 bits per heavy atom. The van der Waals surface area contributed by atoms with Gasteiger partial charge in [-0.1, -0.05) is 17.7 Å². The van der Waals surface area contributed by atoms with Crippen molar-refractivity contribution in [3.05, 3.63) is 33.4 Å². The summed E-state index contributed by atoms with van der Waals surface area (Å²) in [5.74, 6) is -3.11. The van der Waals surface area contributed by atoms with Gasteiger partial charge in [-0.2, -0.15) is 0 Å². The van der Waals surface area contributed by atoms with Gasteiger partial charge in [0.2, 0.25) is 0 Å². The summed E-state index contributed by atoms with van der Waals surface area (Å²) in [6, 6.07) is 0. The maximum atomic E-state index is 10.6. The standard InChI is InChI=1S/C7H6ClNO5/c8-4-1-2-5(6(10)11)7(12,3-4)9(13)14/h1-3,5,12H,(H,10,11). The number of carbonyl (C=O) groups is 1. The average Bonchev–Trinajstić information content (AvgIpc) is 2.02. The number of aliphatic carboxylic acids is 1. The summed E-state index contributed by atoms with van der Waals surface area (Å²) in [5.41, 5.74) is -2.67. The molecule has 7 heteroatoms. The molecule has 1 aliphatic rings. The predicted molar refractivity (Wildman–Crippen MR) is 46.1 cm³/mol. The van der Waals surface area contributed by atoms with Gasteiger partial charge in [-0.25, -0.2) is 0 Å². The Hall–Kier alpha value is -1.40. The summed E-state index contributed by atoms with van der Waals surface area (Å²) in [4.78, 5) is 20.0. The molecule has 0 aromatic rings. The summed E-state index contributed by atoms with van der Waals surface area (Å²) >= 11 is 5.43. The van der Waals surface area contributed by atoms with Crippen LogP contribution in [0.25, 0.3) is 0 Å². The van der Waals surface area contributed by atoms with Crippen molar-refractivity contribution in [2.75, 3.05) is 0 Å². The van der Waals surface area contributed by atoms with Crippen LogP contribution < -0.4 is 0 Å². The number of halogens is 1. The number of hydrogen-bond donors (Lipinski definition) is 2. The van der Waals surface area contributed by atoms with Crippen molar-refractivity contribution in [3.63, 3.8) is 0 Å². The van der Waals surface area contributed by atoms with Gasteiger partial charge in [0.1, 0.15) is 0 Å². The van der Waals surface area contributed by atoms with Gasteiger partial charge in [-0.3, -0.25) is 14.9 Å². The molecule has 2 atom stereocenters. The second kappa shape index (κ2) is 3.39. The molecule has 76 valence electrons. The molecule has 0 aromatic heterocycles. The van der Waals surface area contributed by atoms with Gasteiger partial charge in [0, 0.05) is 11.1 Å². The molecular formula is C7H6ClNO5. The highest BCUT2D eigenvalue weighted by Gasteiger charge is 2.51. The number of hydrogen-bond acceptors (Lipinski definition) is 4. The molecule has 14 heavy (non-hydrogen) atoms. The lowest BCUT2D eigenvalue weighted by Crippen LogP contribution is -2.47. The van der Waals surface area contributed by atoms with Gasteiger partial charge in [-0.05, 0) is 6.08 Å². The van der Waals surface area contributed by atoms with Crippen molar-refractivity contribution >= 4 is 17.6 Å². The van der Waals surface area contributed by atoms with Crippen molar-refractivity contribution in [3.8, 4) is 0 Å². The molecule has 0 amide bonds. The number of carboxylic acid groups (broad SMARTS) is 1. The van der Waals surface area contributed by atoms with Crippen LogP contribution in [0.2, 0.25) is 0 Å². The average molecular weight is 220 g/mol. The number of nitrogens with zero attached hydrogens (tertiary/aromatic N) is 1. The zero-order chi connectivity index (χ0) is 10.9. The molecule has 2 N–H and O–H groups in total. The largest absolute Gasteiger partial charge is 0.481 e. The molecule has 0 bridgehead atoms. The monoisotopic (exact) mass is 219 g/mol. The molecule has 1 aliphatic carbocycles. The van der Waals surface area contributed by atoms with Gasteiger partial charge in [-0.15, -0.1) is 0 Å². The first-order valence-electron chi connectivity index (χ1n) is 3.54. The molecule has 0 fully saturated rings. The number of rotatable bonds is 2. The van der Waals surface area contributed by atoms with Crippen LogP contribution in [0.3, 0.4) is 0 Å². The molecule has 6 nitrogen and oxygen atoms in total. The van der Waals surface area contributed by atoms with Gasteiger partial charge in [0.05, 0.1) is 4.92 Å². The summed E-state index contributed by atoms with van der Waals surface area (Å²) in [6.07, 6.45) is 2.87. The van der Waals surface area contributed by atoms with Gasteiger partial charge in [0.25, 0.3) is 0 Å². The fourth-order valence-electron chi connectivity index (χ4n) is 1.10. The third kappa shape index (κ3) is 1.61. The highest BCUT2D eigenvalue weighted by Crippen LogP contribution is 2.29. The van der Waals surface area contributed by atoms with Crippen LogP contribution in [-0.2, 0) is 4.79 Å². The SMILES string of the molecule is O=C(O)C1C=CC(Cl)=CC1(O)[N+](=O)[O-]. The van der Waals surface area contributed by atoms with Crippen molar-refractivity contribution in [1.29, 1.82) is 0 Å². The lowest BCUT2D eigenvalue weighted by atomic mass is 9.92. The summed E-state index contributed by atoms with van der Waals surface area (Å²) in [7, 11) is 0. The molecule has 0 spiro atoms. The zero-order valence-corrected chi connectivity index (χ0v) is 7.51. The van der Waals surface area contributed by atoms with Crippen LogP contribution >= 0.6 is 11.6 Å². The van der Waals surface area contributed by atoms with E-state index in [0.717, 1.165) is 6.08 Å². The first kappa shape index (κ1) is 10.7. The highest BCUT2D eigenvalue weighted by molar-refractivity contribution is 6.31. The van der Waals surface area contributed by atoms with Crippen molar-refractivity contribution < 1.29 is 19.9 Å². The fourth-order valence-corrected chi connectivity index (χ4v) is 1.33. The smallest absolute Gasteiger partial charge is 0.360 e. The molecule has 0 saturated carbocycles. The van der Waals surface area contributed by atoms with Gasteiger partial charge in [0.15, 0.2) is 5.92 Å². The topological polar surface area (TPSA) is 101 Å². The van der Waals surface area contributed by atoms with Crippen LogP contribution in [0, 0.1) is 16.0 Å². The molecule has 2 unspecified atom stereocenters. The van der Waals surface area contributed by atoms with E-state index in [4.69, 9.17) is 16.7 Å². The molecule has 0 heterocycles. The van der Waals surface area contributed by atoms with Crippen LogP contribution in [0.15, 0.2) is 23.3 Å². The summed E-state index contributed by atoms with van der Waals surface area (Å²) in [5, 5.41) is 28.5. The highest BCUT2D eigenvalue weighted by atomic mass is 35.5. The minimum atomic E-state index is -2.67. The van der Waals surface area contributed by atoms with Crippen LogP contribution in [0.5, 0.6) is 0 Å². The molecule has 0 aromatic carbocycles. The van der Waals surface area contributed by atoms with E-state index in [0.29, 0.717) is 6.08 Å². The van der Waals surface area contributed by atoms with Crippen molar-refractivity contribution in [2.45, 2.75) is 5.72 Å². The Bertz CT molecular complexity index is 350. The first-order valence-corrected chi connectivity index (χ1v) is 3.92. The Morgan fingerprint density at radius 2 is 2.29 bits per heavy atom. The van der Waals surface area contributed by atoms with Crippen LogP contribution in [0.4, 0.5) is 0 Å². The fraction of sp³-hybridized carbons (Fsp3) is 0.286. The van der Waals surface area contributed by atoms with E-state index in [2.05, 4.69) is 0 Å². The Labute approximate surface area is 83.3 Å². The summed E-state index contributed by atoms with van der Waals surface area (Å²) < 4.78 is 0. The second-order valence-electron chi connectivity index (χ2n) is 2.74. The maximum Gasteiger partial charge on any atom is 0.360 e. The van der Waals surface area contributed by atoms with Crippen molar-refractivity contribution in [1.82, 2.24) is 0 Å². The third-order valence-corrected chi connectivity index (χ3v) is 2.05. The number of nitro groups is 1. The normalized spacial score (nSPS) is 31.0. The van der Waals surface area contributed by atoms with Crippen LogP contribution in [0.1, 0.15) is 0 Å². The molecule has 0 aliphatic heterocycles. The van der Waals surface area contributed by atoms with E-state index in [1.807, 2.05) is 0 Å². The first-order chi connectivity index (χ1) is 6.38. The molecule has 1 rings (SSSR count). The number of carboxylic acids is 1. The minimum Gasteiger partial charge on any atom is -0.481 e. The quantitative estimate of drug-likeness (QED) is 0.396. The lowest BCUT2D eigenvalue weighted by molar-refractivity contribution is -0.614. The third-order valence-electron chi connectivity index (χ3n) is 1.81. The lowest BCUT2D eigenvalue weighted by Gasteiger charge is -2.22. The summed E-state index contributed by atoms with van der Waals surface area (Å²) in [6.45, 7) is 0. The second-order valence-corrected chi connectivity index (χ2v) is 3.18. The number of allylic oxidation sites excluding steroid dienone is 2. The van der Waals surface area contributed by atoms with E-state index in [9.17, 15) is 20.0 Å². The van der Waals surface area contributed by atoms with E-state index in [-0.39, 0.29) is 5.03 Å². The molecule has 0 saturated heterocycles. The minimum absolute atomic E-state index is 0.0679. The van der Waals surface area contributed by atoms with E-state index >= 15 is 0 Å². The van der Waals surface area contributed by atoms with E-state index in [1.165, 1.54) is 6.08 Å². The maximum absolute atomic E-state index is 10.6. The van der Waals surface area contributed by atoms with Gasteiger partial charge >= 0.3 is 11.7 Å². The van der Waals surface area contributed by atoms with E-state index < -0.39 is 22.5 Å². The van der Waals surface area contributed by atoms with Crippen LogP contribution in [-0.4, -0.2) is 26.8 Å². The molecule has 0 radical (unpaired) electrons. The predicted octanol–water partition coefficient (Wildman–Crippen LogP) is 0.345. The Morgan fingerprint density at radius 3 is 2.71 bits per heavy atom. The van der Waals surface area contributed by atoms with Gasteiger partial charge < -0.3 is 10.2 Å². The van der Waals surface area contributed by atoms with Crippen molar-refractivity contribution in [2.24, 2.45) is 5.92 Å². The van der Waals surface area contributed by atoms with E-state index in [1.54, 1.807) is 0 Å². The number of aliphatic hydroxyl groups is 1. The zero-order valence-electron chi connectivity index (χ0n) is 6.75.